The molecule has 0 bridgehead atoms. The number of hydrogen-bond acceptors (Lipinski definition) is 7. The van der Waals surface area contributed by atoms with Gasteiger partial charge in [0.05, 0.1) is 29.1 Å². The molecule has 2 aromatic carbocycles. The van der Waals surface area contributed by atoms with Crippen LogP contribution in [-0.4, -0.2) is 66.7 Å². The van der Waals surface area contributed by atoms with Gasteiger partial charge < -0.3 is 14.2 Å². The number of halogens is 5. The Morgan fingerprint density at radius 1 is 1.00 bits per heavy atom. The highest BCUT2D eigenvalue weighted by atomic mass is 32.2. The van der Waals surface area contributed by atoms with Crippen molar-refractivity contribution >= 4 is 19.7 Å². The normalized spacial score (nSPS) is 16.9. The summed E-state index contributed by atoms with van der Waals surface area (Å²) in [7, 11) is -7.16. The predicted octanol–water partition coefficient (Wildman–Crippen LogP) is 4.14. The van der Waals surface area contributed by atoms with Crippen molar-refractivity contribution < 1.29 is 53.0 Å². The fraction of sp³-hybridized carbons (Fsp3) is 0.500. The monoisotopic (exact) mass is 586 g/mol. The van der Waals surface area contributed by atoms with E-state index in [2.05, 4.69) is 4.74 Å². The molecule has 0 amide bonds. The van der Waals surface area contributed by atoms with E-state index in [1.807, 2.05) is 0 Å². The van der Waals surface area contributed by atoms with Crippen LogP contribution in [0.5, 0.6) is 11.5 Å². The van der Waals surface area contributed by atoms with Crippen LogP contribution in [-0.2, 0) is 30.8 Å². The average Bonchev–Trinajstić information content (AvgIpc) is 2.83. The van der Waals surface area contributed by atoms with Gasteiger partial charge in [0.2, 0.25) is 0 Å². The van der Waals surface area contributed by atoms with E-state index >= 15 is 0 Å². The minimum Gasteiger partial charge on any atom is -0.490 e. The van der Waals surface area contributed by atoms with Crippen LogP contribution in [0.15, 0.2) is 41.3 Å². The van der Waals surface area contributed by atoms with E-state index in [0.717, 1.165) is 42.7 Å². The summed E-state index contributed by atoms with van der Waals surface area (Å²) < 4.78 is 129. The van der Waals surface area contributed by atoms with Crippen LogP contribution in [0.1, 0.15) is 18.4 Å². The number of alkyl halides is 3. The van der Waals surface area contributed by atoms with Crippen molar-refractivity contribution in [3.05, 3.63) is 53.6 Å². The maximum absolute atomic E-state index is 14.3. The van der Waals surface area contributed by atoms with E-state index in [4.69, 9.17) is 9.47 Å². The van der Waals surface area contributed by atoms with Crippen molar-refractivity contribution in [2.45, 2.75) is 36.4 Å². The van der Waals surface area contributed by atoms with Crippen molar-refractivity contribution in [2.24, 2.45) is 5.92 Å². The summed E-state index contributed by atoms with van der Waals surface area (Å²) in [5.74, 6) is -2.77. The van der Waals surface area contributed by atoms with Crippen LogP contribution in [0.2, 0.25) is 0 Å². The second kappa shape index (κ2) is 12.2. The lowest BCUT2D eigenvalue weighted by molar-refractivity contribution is -0.153. The van der Waals surface area contributed by atoms with Gasteiger partial charge in [-0.1, -0.05) is 0 Å². The molecular formula is C24H27F5O7S2. The Morgan fingerprint density at radius 3 is 2.29 bits per heavy atom. The summed E-state index contributed by atoms with van der Waals surface area (Å²) in [5, 5.41) is 0. The van der Waals surface area contributed by atoms with Crippen LogP contribution < -0.4 is 9.47 Å². The molecule has 0 fully saturated rings. The first-order valence-corrected chi connectivity index (χ1v) is 15.3. The predicted molar refractivity (Wildman–Crippen MR) is 128 cm³/mol. The fourth-order valence-corrected chi connectivity index (χ4v) is 5.91. The van der Waals surface area contributed by atoms with Gasteiger partial charge in [0.25, 0.3) is 0 Å². The molecule has 0 unspecified atom stereocenters. The minimum absolute atomic E-state index is 0.0250. The van der Waals surface area contributed by atoms with Gasteiger partial charge in [-0.3, -0.25) is 0 Å². The van der Waals surface area contributed by atoms with Crippen LogP contribution in [0.25, 0.3) is 0 Å². The zero-order chi connectivity index (χ0) is 28.1. The summed E-state index contributed by atoms with van der Waals surface area (Å²) in [6.45, 7) is -1.62. The molecule has 14 heteroatoms. The summed E-state index contributed by atoms with van der Waals surface area (Å²) in [6, 6.07) is 6.46. The van der Waals surface area contributed by atoms with Crippen LogP contribution in [0, 0.1) is 17.6 Å². The Kier molecular flexibility index (Phi) is 9.63. The molecule has 1 heterocycles. The van der Waals surface area contributed by atoms with Gasteiger partial charge in [-0.25, -0.2) is 25.6 Å². The quantitative estimate of drug-likeness (QED) is 0.273. The van der Waals surface area contributed by atoms with Gasteiger partial charge in [-0.15, -0.1) is 0 Å². The molecule has 38 heavy (non-hydrogen) atoms. The third-order valence-electron chi connectivity index (χ3n) is 5.84. The molecule has 0 spiro atoms. The van der Waals surface area contributed by atoms with E-state index < -0.39 is 56.1 Å². The van der Waals surface area contributed by atoms with Crippen molar-refractivity contribution in [3.63, 3.8) is 0 Å². The highest BCUT2D eigenvalue weighted by Crippen LogP contribution is 2.34. The van der Waals surface area contributed by atoms with Gasteiger partial charge in [0.1, 0.15) is 21.4 Å². The third-order valence-corrected chi connectivity index (χ3v) is 8.63. The number of benzene rings is 2. The number of sulfone groups is 2. The topological polar surface area (TPSA) is 96.0 Å². The molecule has 0 saturated heterocycles. The molecule has 0 radical (unpaired) electrons. The van der Waals surface area contributed by atoms with Gasteiger partial charge in [-0.05, 0) is 55.7 Å². The van der Waals surface area contributed by atoms with Crippen molar-refractivity contribution in [1.82, 2.24) is 0 Å². The van der Waals surface area contributed by atoms with Crippen molar-refractivity contribution in [3.8, 4) is 11.5 Å². The van der Waals surface area contributed by atoms with E-state index in [1.54, 1.807) is 0 Å². The SMILES string of the molecule is CS(=O)(=O)CC[C@H](OCCCS(=O)(=O)c1ccc(OCC(F)(F)F)cc1)[C@@H]1COc2c(F)ccc(F)c2C1. The second-order valence-electron chi connectivity index (χ2n) is 8.99. The molecule has 1 aliphatic heterocycles. The number of rotatable bonds is 12. The summed E-state index contributed by atoms with van der Waals surface area (Å²) in [4.78, 5) is -0.111. The van der Waals surface area contributed by atoms with Crippen LogP contribution in [0.3, 0.4) is 0 Å². The molecule has 2 atom stereocenters. The molecule has 0 N–H and O–H groups in total. The molecular weight excluding hydrogens is 559 g/mol. The van der Waals surface area contributed by atoms with Gasteiger partial charge in [0.15, 0.2) is 28.0 Å². The number of ether oxygens (including phenoxy) is 3. The zero-order valence-electron chi connectivity index (χ0n) is 20.3. The van der Waals surface area contributed by atoms with E-state index in [-0.39, 0.29) is 65.9 Å². The van der Waals surface area contributed by atoms with Crippen molar-refractivity contribution in [1.29, 1.82) is 0 Å². The maximum atomic E-state index is 14.3. The smallest absolute Gasteiger partial charge is 0.422 e. The Bertz CT molecular complexity index is 1310. The minimum atomic E-state index is -4.53. The highest BCUT2D eigenvalue weighted by molar-refractivity contribution is 7.91. The first-order valence-electron chi connectivity index (χ1n) is 11.6. The molecule has 7 nitrogen and oxygen atoms in total. The van der Waals surface area contributed by atoms with Crippen LogP contribution in [0.4, 0.5) is 22.0 Å². The molecule has 0 saturated carbocycles. The lowest BCUT2D eigenvalue weighted by Crippen LogP contribution is -2.36. The Morgan fingerprint density at radius 2 is 1.66 bits per heavy atom. The molecule has 212 valence electrons. The van der Waals surface area contributed by atoms with Crippen LogP contribution >= 0.6 is 0 Å². The van der Waals surface area contributed by atoms with Gasteiger partial charge in [-0.2, -0.15) is 13.2 Å². The molecule has 0 aliphatic carbocycles. The second-order valence-corrected chi connectivity index (χ2v) is 13.4. The molecule has 1 aliphatic rings. The van der Waals surface area contributed by atoms with Gasteiger partial charge in [0, 0.05) is 24.3 Å². The molecule has 2 aromatic rings. The largest absolute Gasteiger partial charge is 0.490 e. The molecule has 0 aromatic heterocycles. The first kappa shape index (κ1) is 30.1. The number of fused-ring (bicyclic) bond motifs is 1. The third kappa shape index (κ3) is 8.80. The lowest BCUT2D eigenvalue weighted by Gasteiger charge is -2.32. The summed E-state index contributed by atoms with van der Waals surface area (Å²) in [5.41, 5.74) is 0.0273. The van der Waals surface area contributed by atoms with E-state index in [9.17, 15) is 38.8 Å². The summed E-state index contributed by atoms with van der Waals surface area (Å²) in [6.07, 6.45) is -4.08. The lowest BCUT2D eigenvalue weighted by atomic mass is 9.90. The van der Waals surface area contributed by atoms with Gasteiger partial charge >= 0.3 is 6.18 Å². The standard InChI is InChI=1S/C24H27F5O7S2/c1-37(30,31)12-9-22(16-13-19-20(25)7-8-21(26)23(19)35-14-16)34-10-2-11-38(32,33)18-5-3-17(4-6-18)36-15-24(27,28)29/h3-8,16,22H,2,9-15H2,1H3/t16-,22-/m0/s1. The highest BCUT2D eigenvalue weighted by Gasteiger charge is 2.32. The average molecular weight is 587 g/mol. The zero-order valence-corrected chi connectivity index (χ0v) is 22.0. The molecule has 3 rings (SSSR count). The Balaban J connectivity index is 1.60. The summed E-state index contributed by atoms with van der Waals surface area (Å²) >= 11 is 0. The first-order chi connectivity index (χ1) is 17.6. The Hall–Kier alpha value is -2.45. The fourth-order valence-electron chi connectivity index (χ4n) is 3.97. The van der Waals surface area contributed by atoms with Crippen molar-refractivity contribution in [2.75, 3.05) is 37.6 Å². The number of hydrogen-bond donors (Lipinski definition) is 0. The van der Waals surface area contributed by atoms with E-state index in [0.29, 0.717) is 0 Å². The Labute approximate surface area is 217 Å². The maximum Gasteiger partial charge on any atom is 0.422 e. The van der Waals surface area contributed by atoms with E-state index in [1.165, 1.54) is 0 Å².